The smallest absolute Gasteiger partial charge is 0.255 e. The molecule has 3 aromatic rings. The van der Waals surface area contributed by atoms with E-state index in [0.29, 0.717) is 34.3 Å². The summed E-state index contributed by atoms with van der Waals surface area (Å²) in [6.07, 6.45) is 3.07. The predicted octanol–water partition coefficient (Wildman–Crippen LogP) is 2.26. The van der Waals surface area contributed by atoms with Crippen molar-refractivity contribution in [1.29, 1.82) is 0 Å². The third-order valence-electron chi connectivity index (χ3n) is 4.49. The zero-order valence-electron chi connectivity index (χ0n) is 16.1. The number of aromatic amines is 1. The predicted molar refractivity (Wildman–Crippen MR) is 106 cm³/mol. The number of hydrogen-bond donors (Lipinski definition) is 2. The first-order valence-electron chi connectivity index (χ1n) is 8.94. The van der Waals surface area contributed by atoms with Gasteiger partial charge in [-0.05, 0) is 44.5 Å². The highest BCUT2D eigenvalue weighted by Gasteiger charge is 2.14. The maximum Gasteiger partial charge on any atom is 0.255 e. The number of aryl methyl sites for hydroxylation is 2. The summed E-state index contributed by atoms with van der Waals surface area (Å²) in [4.78, 5) is 31.5. The topological polar surface area (TPSA) is 111 Å². The van der Waals surface area contributed by atoms with Crippen molar-refractivity contribution in [2.45, 2.75) is 20.8 Å². The van der Waals surface area contributed by atoms with Crippen LogP contribution >= 0.6 is 0 Å². The molecule has 1 amide bonds. The fourth-order valence-corrected chi connectivity index (χ4v) is 2.84. The van der Waals surface area contributed by atoms with E-state index in [9.17, 15) is 9.59 Å². The Kier molecular flexibility index (Phi) is 4.63. The molecule has 0 spiro atoms. The van der Waals surface area contributed by atoms with Crippen LogP contribution in [0.3, 0.4) is 0 Å². The first-order valence-corrected chi connectivity index (χ1v) is 8.94. The van der Waals surface area contributed by atoms with Crippen LogP contribution in [0.1, 0.15) is 22.5 Å². The van der Waals surface area contributed by atoms with Crippen LogP contribution in [-0.2, 0) is 4.79 Å². The van der Waals surface area contributed by atoms with Gasteiger partial charge in [0.05, 0.1) is 5.69 Å². The molecule has 3 heterocycles. The molecule has 9 nitrogen and oxygen atoms in total. The number of carbonyl (C=O) groups excluding carboxylic acids is 1. The number of aromatic nitrogens is 4. The highest BCUT2D eigenvalue weighted by molar-refractivity contribution is 6.01. The second-order valence-corrected chi connectivity index (χ2v) is 6.62. The number of amides is 1. The molecule has 4 rings (SSSR count). The fourth-order valence-electron chi connectivity index (χ4n) is 2.84. The molecule has 0 saturated heterocycles. The number of benzene rings is 1. The normalized spacial score (nSPS) is 12.5. The number of nitrogens with one attached hydrogen (secondary N) is 2. The minimum absolute atomic E-state index is 0.195. The SMILES string of the molecule is Cc1cc(NC(=O)C=Cc2ccc3c(c2)OCO3)n(-c2nc(C)c(C)c(=O)[nH]2)n1. The highest BCUT2D eigenvalue weighted by atomic mass is 16.7. The lowest BCUT2D eigenvalue weighted by Gasteiger charge is -2.08. The number of anilines is 1. The van der Waals surface area contributed by atoms with Crippen LogP contribution in [0.2, 0.25) is 0 Å². The van der Waals surface area contributed by atoms with E-state index >= 15 is 0 Å². The summed E-state index contributed by atoms with van der Waals surface area (Å²) in [5, 5.41) is 7.08. The Morgan fingerprint density at radius 2 is 2.00 bits per heavy atom. The molecule has 0 bridgehead atoms. The Balaban J connectivity index is 1.55. The van der Waals surface area contributed by atoms with Gasteiger partial charge in [0, 0.05) is 23.4 Å². The lowest BCUT2D eigenvalue weighted by molar-refractivity contribution is -0.111. The molecule has 0 unspecified atom stereocenters. The first kappa shape index (κ1) is 18.5. The molecule has 1 aromatic carbocycles. The van der Waals surface area contributed by atoms with E-state index in [2.05, 4.69) is 20.4 Å². The highest BCUT2D eigenvalue weighted by Crippen LogP contribution is 2.32. The largest absolute Gasteiger partial charge is 0.454 e. The molecular weight excluding hydrogens is 374 g/mol. The van der Waals surface area contributed by atoms with E-state index in [4.69, 9.17) is 9.47 Å². The van der Waals surface area contributed by atoms with Crippen molar-refractivity contribution >= 4 is 17.8 Å². The number of hydrogen-bond acceptors (Lipinski definition) is 6. The summed E-state index contributed by atoms with van der Waals surface area (Å²) in [6, 6.07) is 7.11. The van der Waals surface area contributed by atoms with Crippen LogP contribution in [0, 0.1) is 20.8 Å². The second-order valence-electron chi connectivity index (χ2n) is 6.62. The Morgan fingerprint density at radius 3 is 2.79 bits per heavy atom. The summed E-state index contributed by atoms with van der Waals surface area (Å²) in [5.41, 5.74) is 2.35. The Bertz CT molecular complexity index is 1190. The Labute approximate surface area is 166 Å². The van der Waals surface area contributed by atoms with Gasteiger partial charge < -0.3 is 14.8 Å². The van der Waals surface area contributed by atoms with Crippen molar-refractivity contribution in [3.05, 3.63) is 63.2 Å². The summed E-state index contributed by atoms with van der Waals surface area (Å²) < 4.78 is 12.0. The van der Waals surface area contributed by atoms with Crippen molar-refractivity contribution in [3.8, 4) is 17.4 Å². The maximum absolute atomic E-state index is 12.4. The van der Waals surface area contributed by atoms with E-state index in [0.717, 1.165) is 5.56 Å². The van der Waals surface area contributed by atoms with Crippen molar-refractivity contribution in [2.75, 3.05) is 12.1 Å². The summed E-state index contributed by atoms with van der Waals surface area (Å²) in [6.45, 7) is 5.42. The molecule has 0 radical (unpaired) electrons. The zero-order valence-corrected chi connectivity index (χ0v) is 16.1. The summed E-state index contributed by atoms with van der Waals surface area (Å²) in [5.74, 6) is 1.61. The van der Waals surface area contributed by atoms with Crippen LogP contribution in [-0.4, -0.2) is 32.4 Å². The van der Waals surface area contributed by atoms with Gasteiger partial charge in [0.2, 0.25) is 18.6 Å². The molecule has 0 fully saturated rings. The number of rotatable bonds is 4. The number of nitrogens with zero attached hydrogens (tertiary/aromatic N) is 3. The zero-order chi connectivity index (χ0) is 20.5. The van der Waals surface area contributed by atoms with Gasteiger partial charge in [-0.1, -0.05) is 6.07 Å². The van der Waals surface area contributed by atoms with Crippen LogP contribution in [0.5, 0.6) is 11.5 Å². The van der Waals surface area contributed by atoms with Gasteiger partial charge >= 0.3 is 0 Å². The molecule has 29 heavy (non-hydrogen) atoms. The number of carbonyl (C=O) groups is 1. The van der Waals surface area contributed by atoms with Crippen molar-refractivity contribution in [2.24, 2.45) is 0 Å². The maximum atomic E-state index is 12.4. The molecule has 2 aromatic heterocycles. The molecule has 2 N–H and O–H groups in total. The average molecular weight is 393 g/mol. The molecule has 1 aliphatic rings. The van der Waals surface area contributed by atoms with Crippen LogP contribution < -0.4 is 20.3 Å². The van der Waals surface area contributed by atoms with Crippen molar-refractivity contribution in [3.63, 3.8) is 0 Å². The minimum Gasteiger partial charge on any atom is -0.454 e. The molecule has 1 aliphatic heterocycles. The van der Waals surface area contributed by atoms with E-state index in [1.54, 1.807) is 45.0 Å². The Morgan fingerprint density at radius 1 is 1.21 bits per heavy atom. The molecule has 0 saturated carbocycles. The second kappa shape index (κ2) is 7.27. The standard InChI is InChI=1S/C20H19N5O4/c1-11-8-17(25(24-11)20-21-13(3)12(2)19(27)23-20)22-18(26)7-5-14-4-6-15-16(9-14)29-10-28-15/h4-9H,10H2,1-3H3,(H,22,26)(H,21,23,27). The van der Waals surface area contributed by atoms with Gasteiger partial charge in [0.15, 0.2) is 11.5 Å². The average Bonchev–Trinajstić information content (AvgIpc) is 3.29. The van der Waals surface area contributed by atoms with E-state index in [-0.39, 0.29) is 24.2 Å². The quantitative estimate of drug-likeness (QED) is 0.658. The third-order valence-corrected chi connectivity index (χ3v) is 4.49. The Hall–Kier alpha value is -3.88. The van der Waals surface area contributed by atoms with E-state index in [1.165, 1.54) is 10.8 Å². The van der Waals surface area contributed by atoms with Gasteiger partial charge in [0.1, 0.15) is 5.82 Å². The summed E-state index contributed by atoms with van der Waals surface area (Å²) >= 11 is 0. The van der Waals surface area contributed by atoms with Gasteiger partial charge in [-0.3, -0.25) is 14.6 Å². The van der Waals surface area contributed by atoms with Crippen molar-refractivity contribution < 1.29 is 14.3 Å². The molecule has 0 aliphatic carbocycles. The van der Waals surface area contributed by atoms with Crippen LogP contribution in [0.25, 0.3) is 12.0 Å². The van der Waals surface area contributed by atoms with Crippen LogP contribution in [0.4, 0.5) is 5.82 Å². The van der Waals surface area contributed by atoms with Crippen LogP contribution in [0.15, 0.2) is 35.1 Å². The third kappa shape index (κ3) is 3.75. The van der Waals surface area contributed by atoms with E-state index < -0.39 is 0 Å². The molecule has 0 atom stereocenters. The van der Waals surface area contributed by atoms with E-state index in [1.807, 2.05) is 6.07 Å². The van der Waals surface area contributed by atoms with Gasteiger partial charge in [-0.25, -0.2) is 4.98 Å². The van der Waals surface area contributed by atoms with Gasteiger partial charge in [-0.15, -0.1) is 0 Å². The monoisotopic (exact) mass is 393 g/mol. The fraction of sp³-hybridized carbons (Fsp3) is 0.200. The molecule has 148 valence electrons. The molecular formula is C20H19N5O4. The number of H-pyrrole nitrogens is 1. The minimum atomic E-state index is -0.352. The summed E-state index contributed by atoms with van der Waals surface area (Å²) in [7, 11) is 0. The number of ether oxygens (including phenoxy) is 2. The van der Waals surface area contributed by atoms with Crippen molar-refractivity contribution in [1.82, 2.24) is 19.7 Å². The first-order chi connectivity index (χ1) is 13.9. The van der Waals surface area contributed by atoms with Gasteiger partial charge in [0.25, 0.3) is 5.56 Å². The number of fused-ring (bicyclic) bond motifs is 1. The molecule has 9 heteroatoms. The lowest BCUT2D eigenvalue weighted by atomic mass is 10.2. The van der Waals surface area contributed by atoms with Gasteiger partial charge in [-0.2, -0.15) is 9.78 Å². The lowest BCUT2D eigenvalue weighted by Crippen LogP contribution is -2.20.